The summed E-state index contributed by atoms with van der Waals surface area (Å²) < 4.78 is 27.7. The predicted octanol–water partition coefficient (Wildman–Crippen LogP) is 4.06. The Balaban J connectivity index is 1.92. The van der Waals surface area contributed by atoms with Crippen LogP contribution in [0.5, 0.6) is 0 Å². The van der Waals surface area contributed by atoms with E-state index in [1.807, 2.05) is 54.6 Å². The molecule has 4 heteroatoms. The second kappa shape index (κ2) is 5.25. The average molecular weight is 321 g/mol. The minimum absolute atomic E-state index is 0.314. The number of para-hydroxylation sites is 1. The van der Waals surface area contributed by atoms with Crippen molar-refractivity contribution in [3.63, 3.8) is 0 Å². The maximum absolute atomic E-state index is 13.1. The summed E-state index contributed by atoms with van der Waals surface area (Å²) in [5, 5.41) is 0. The van der Waals surface area contributed by atoms with Crippen LogP contribution in [0.1, 0.15) is 5.56 Å². The molecule has 0 aromatic heterocycles. The summed E-state index contributed by atoms with van der Waals surface area (Å²) in [6.07, 6.45) is 0. The smallest absolute Gasteiger partial charge is 0.261 e. The van der Waals surface area contributed by atoms with Gasteiger partial charge in [-0.15, -0.1) is 0 Å². The van der Waals surface area contributed by atoms with Gasteiger partial charge in [0.1, 0.15) is 0 Å². The van der Waals surface area contributed by atoms with Crippen LogP contribution in [0.15, 0.2) is 83.8 Å². The highest BCUT2D eigenvalue weighted by Gasteiger charge is 2.31. The van der Waals surface area contributed by atoms with Crippen LogP contribution in [0.25, 0.3) is 11.1 Å². The van der Waals surface area contributed by atoms with Gasteiger partial charge >= 0.3 is 0 Å². The van der Waals surface area contributed by atoms with Crippen molar-refractivity contribution in [2.75, 3.05) is 4.31 Å². The van der Waals surface area contributed by atoms with E-state index in [4.69, 9.17) is 0 Å². The Labute approximate surface area is 135 Å². The number of nitrogens with zero attached hydrogens (tertiary/aromatic N) is 1. The van der Waals surface area contributed by atoms with Gasteiger partial charge in [-0.1, -0.05) is 60.7 Å². The number of anilines is 1. The molecule has 0 unspecified atom stereocenters. The largest absolute Gasteiger partial charge is 0.264 e. The fraction of sp³-hybridized carbons (Fsp3) is 0.0526. The predicted molar refractivity (Wildman–Crippen MR) is 91.7 cm³/mol. The molecule has 3 aromatic rings. The van der Waals surface area contributed by atoms with Gasteiger partial charge in [0.2, 0.25) is 0 Å². The maximum atomic E-state index is 13.1. The Morgan fingerprint density at radius 2 is 1.30 bits per heavy atom. The molecular weight excluding hydrogens is 306 g/mol. The minimum atomic E-state index is -3.58. The van der Waals surface area contributed by atoms with Crippen molar-refractivity contribution in [3.8, 4) is 11.1 Å². The molecule has 0 atom stereocenters. The Morgan fingerprint density at radius 3 is 2.09 bits per heavy atom. The molecule has 4 rings (SSSR count). The zero-order valence-electron chi connectivity index (χ0n) is 12.4. The van der Waals surface area contributed by atoms with Crippen LogP contribution in [-0.2, 0) is 16.6 Å². The van der Waals surface area contributed by atoms with E-state index in [0.717, 1.165) is 22.4 Å². The molecule has 0 spiro atoms. The van der Waals surface area contributed by atoms with Crippen molar-refractivity contribution in [1.82, 2.24) is 0 Å². The van der Waals surface area contributed by atoms with E-state index in [0.29, 0.717) is 11.4 Å². The van der Waals surface area contributed by atoms with Crippen LogP contribution >= 0.6 is 0 Å². The molecule has 1 heterocycles. The van der Waals surface area contributed by atoms with Gasteiger partial charge in [-0.25, -0.2) is 8.42 Å². The van der Waals surface area contributed by atoms with Crippen molar-refractivity contribution < 1.29 is 8.42 Å². The Kier molecular flexibility index (Phi) is 3.20. The normalized spacial score (nSPS) is 13.3. The average Bonchev–Trinajstić information content (AvgIpc) is 2.62. The first kappa shape index (κ1) is 14.0. The highest BCUT2D eigenvalue weighted by Crippen LogP contribution is 2.41. The van der Waals surface area contributed by atoms with E-state index in [-0.39, 0.29) is 0 Å². The topological polar surface area (TPSA) is 37.4 Å². The molecule has 0 saturated carbocycles. The number of hydrogen-bond donors (Lipinski definition) is 0. The third kappa shape index (κ3) is 2.23. The zero-order chi connectivity index (χ0) is 15.9. The van der Waals surface area contributed by atoms with Crippen LogP contribution in [0, 0.1) is 0 Å². The quantitative estimate of drug-likeness (QED) is 0.714. The molecule has 0 radical (unpaired) electrons. The number of fused-ring (bicyclic) bond motifs is 3. The third-order valence-corrected chi connectivity index (χ3v) is 5.90. The number of sulfonamides is 1. The van der Waals surface area contributed by atoms with Gasteiger partial charge < -0.3 is 0 Å². The van der Waals surface area contributed by atoms with E-state index in [1.165, 1.54) is 4.31 Å². The van der Waals surface area contributed by atoms with Crippen molar-refractivity contribution in [2.24, 2.45) is 0 Å². The van der Waals surface area contributed by atoms with Crippen LogP contribution < -0.4 is 4.31 Å². The minimum Gasteiger partial charge on any atom is -0.261 e. The lowest BCUT2D eigenvalue weighted by Crippen LogP contribution is -2.33. The fourth-order valence-corrected chi connectivity index (χ4v) is 4.50. The molecular formula is C19H15NO2S. The highest BCUT2D eigenvalue weighted by atomic mass is 32.2. The molecule has 0 aliphatic carbocycles. The number of benzene rings is 3. The molecule has 23 heavy (non-hydrogen) atoms. The molecule has 0 fully saturated rings. The standard InChI is InChI=1S/C19H15NO2S/c21-23(22,16-9-2-1-3-10-16)20-14-15-8-4-5-11-17(15)18-12-6-7-13-19(18)20/h1-13H,14H2. The lowest BCUT2D eigenvalue weighted by Gasteiger charge is -2.32. The lowest BCUT2D eigenvalue weighted by molar-refractivity contribution is 0.590. The van der Waals surface area contributed by atoms with Crippen LogP contribution in [0.2, 0.25) is 0 Å². The zero-order valence-corrected chi connectivity index (χ0v) is 13.2. The van der Waals surface area contributed by atoms with Crippen molar-refractivity contribution in [2.45, 2.75) is 11.4 Å². The van der Waals surface area contributed by atoms with Crippen molar-refractivity contribution in [1.29, 1.82) is 0 Å². The molecule has 1 aliphatic rings. The summed E-state index contributed by atoms with van der Waals surface area (Å²) >= 11 is 0. The summed E-state index contributed by atoms with van der Waals surface area (Å²) in [5.41, 5.74) is 3.80. The Morgan fingerprint density at radius 1 is 0.696 bits per heavy atom. The van der Waals surface area contributed by atoms with Crippen LogP contribution in [-0.4, -0.2) is 8.42 Å². The molecule has 3 nitrogen and oxygen atoms in total. The Bertz CT molecular complexity index is 965. The number of hydrogen-bond acceptors (Lipinski definition) is 2. The van der Waals surface area contributed by atoms with Crippen molar-refractivity contribution >= 4 is 15.7 Å². The summed E-state index contributed by atoms with van der Waals surface area (Å²) in [4.78, 5) is 0.314. The van der Waals surface area contributed by atoms with Gasteiger partial charge in [0.05, 0.1) is 17.1 Å². The first-order chi connectivity index (χ1) is 11.2. The summed E-state index contributed by atoms with van der Waals surface area (Å²) in [6.45, 7) is 0.352. The second-order valence-electron chi connectivity index (χ2n) is 5.50. The van der Waals surface area contributed by atoms with Gasteiger partial charge in [-0.05, 0) is 29.3 Å². The molecule has 1 aliphatic heterocycles. The van der Waals surface area contributed by atoms with Gasteiger partial charge in [-0.3, -0.25) is 4.31 Å². The molecule has 114 valence electrons. The van der Waals surface area contributed by atoms with Gasteiger partial charge in [0.25, 0.3) is 10.0 Å². The maximum Gasteiger partial charge on any atom is 0.264 e. The van der Waals surface area contributed by atoms with E-state index in [1.54, 1.807) is 24.3 Å². The first-order valence-electron chi connectivity index (χ1n) is 7.43. The van der Waals surface area contributed by atoms with E-state index in [2.05, 4.69) is 0 Å². The first-order valence-corrected chi connectivity index (χ1v) is 8.87. The fourth-order valence-electron chi connectivity index (χ4n) is 3.01. The summed E-state index contributed by atoms with van der Waals surface area (Å²) in [7, 11) is -3.58. The van der Waals surface area contributed by atoms with Gasteiger partial charge in [0.15, 0.2) is 0 Å². The van der Waals surface area contributed by atoms with Crippen LogP contribution in [0.4, 0.5) is 5.69 Å². The molecule has 0 saturated heterocycles. The lowest BCUT2D eigenvalue weighted by atomic mass is 9.95. The second-order valence-corrected chi connectivity index (χ2v) is 7.36. The molecule has 3 aromatic carbocycles. The van der Waals surface area contributed by atoms with Crippen LogP contribution in [0.3, 0.4) is 0 Å². The Hall–Kier alpha value is -2.59. The van der Waals surface area contributed by atoms with E-state index < -0.39 is 10.0 Å². The SMILES string of the molecule is O=S(=O)(c1ccccc1)N1Cc2ccccc2-c2ccccc21. The van der Waals surface area contributed by atoms with Crippen molar-refractivity contribution in [3.05, 3.63) is 84.4 Å². The summed E-state index contributed by atoms with van der Waals surface area (Å²) in [6, 6.07) is 24.2. The van der Waals surface area contributed by atoms with Gasteiger partial charge in [-0.2, -0.15) is 0 Å². The van der Waals surface area contributed by atoms with E-state index >= 15 is 0 Å². The van der Waals surface area contributed by atoms with E-state index in [9.17, 15) is 8.42 Å². The number of rotatable bonds is 2. The highest BCUT2D eigenvalue weighted by molar-refractivity contribution is 7.92. The molecule has 0 N–H and O–H groups in total. The third-order valence-electron chi connectivity index (χ3n) is 4.13. The van der Waals surface area contributed by atoms with Gasteiger partial charge in [0, 0.05) is 5.56 Å². The monoisotopic (exact) mass is 321 g/mol. The summed E-state index contributed by atoms with van der Waals surface area (Å²) in [5.74, 6) is 0. The molecule has 0 bridgehead atoms. The molecule has 0 amide bonds.